The van der Waals surface area contributed by atoms with E-state index in [0.29, 0.717) is 0 Å². The van der Waals surface area contributed by atoms with Crippen LogP contribution in [0.1, 0.15) is 12.5 Å². The molecule has 2 rings (SSSR count). The molecule has 1 aromatic carbocycles. The number of nitrogens with one attached hydrogen (secondary N) is 2. The maximum atomic E-state index is 3.87. The summed E-state index contributed by atoms with van der Waals surface area (Å²) in [7, 11) is 0. The Kier molecular flexibility index (Phi) is 2.88. The van der Waals surface area contributed by atoms with E-state index in [4.69, 9.17) is 0 Å². The summed E-state index contributed by atoms with van der Waals surface area (Å²) in [6.45, 7) is 7.67. The van der Waals surface area contributed by atoms with Crippen LogP contribution in [-0.2, 0) is 6.54 Å². The first kappa shape index (κ1) is 9.99. The first-order valence-electron chi connectivity index (χ1n) is 5.17. The van der Waals surface area contributed by atoms with Crippen LogP contribution < -0.4 is 5.32 Å². The van der Waals surface area contributed by atoms with Crippen LogP contribution in [0.4, 0.5) is 0 Å². The smallest absolute Gasteiger partial charge is 0.0457 e. The van der Waals surface area contributed by atoms with Gasteiger partial charge >= 0.3 is 0 Å². The van der Waals surface area contributed by atoms with Gasteiger partial charge in [-0.2, -0.15) is 0 Å². The Balaban J connectivity index is 2.13. The average molecular weight is 200 g/mol. The molecule has 2 nitrogen and oxygen atoms in total. The summed E-state index contributed by atoms with van der Waals surface area (Å²) < 4.78 is 0. The number of H-pyrrole nitrogens is 1. The summed E-state index contributed by atoms with van der Waals surface area (Å²) in [5.41, 5.74) is 3.69. The van der Waals surface area contributed by atoms with E-state index in [9.17, 15) is 0 Å². The maximum absolute atomic E-state index is 3.87. The van der Waals surface area contributed by atoms with E-state index in [1.54, 1.807) is 0 Å². The Bertz CT molecular complexity index is 468. The Morgan fingerprint density at radius 2 is 2.27 bits per heavy atom. The average Bonchev–Trinajstić information content (AvgIpc) is 2.65. The van der Waals surface area contributed by atoms with Crippen molar-refractivity contribution in [1.82, 2.24) is 10.3 Å². The van der Waals surface area contributed by atoms with E-state index >= 15 is 0 Å². The van der Waals surface area contributed by atoms with Crippen LogP contribution in [0.3, 0.4) is 0 Å². The van der Waals surface area contributed by atoms with E-state index < -0.39 is 0 Å². The van der Waals surface area contributed by atoms with E-state index in [0.717, 1.165) is 18.7 Å². The molecule has 2 aromatic rings. The lowest BCUT2D eigenvalue weighted by Gasteiger charge is -2.05. The standard InChI is InChI=1S/C13H16N2/c1-10(2)8-14-9-11-4-3-5-13-12(11)6-7-15-13/h3-7,14-15H,1,8-9H2,2H3. The van der Waals surface area contributed by atoms with E-state index in [1.807, 2.05) is 13.1 Å². The number of hydrogen-bond donors (Lipinski definition) is 2. The fourth-order valence-electron chi connectivity index (χ4n) is 1.72. The summed E-state index contributed by atoms with van der Waals surface area (Å²) in [5, 5.41) is 4.67. The SMILES string of the molecule is C=C(C)CNCc1cccc2[nH]ccc12. The molecule has 0 aliphatic heterocycles. The molecule has 0 radical (unpaired) electrons. The largest absolute Gasteiger partial charge is 0.361 e. The zero-order chi connectivity index (χ0) is 10.7. The third-order valence-corrected chi connectivity index (χ3v) is 2.43. The van der Waals surface area contributed by atoms with Crippen LogP contribution in [0.5, 0.6) is 0 Å². The number of aromatic nitrogens is 1. The van der Waals surface area contributed by atoms with Crippen LogP contribution in [0.25, 0.3) is 10.9 Å². The second kappa shape index (κ2) is 4.32. The first-order valence-corrected chi connectivity index (χ1v) is 5.17. The Labute approximate surface area is 90.0 Å². The van der Waals surface area contributed by atoms with Crippen LogP contribution in [0.15, 0.2) is 42.6 Å². The molecule has 0 amide bonds. The number of rotatable bonds is 4. The van der Waals surface area contributed by atoms with Crippen molar-refractivity contribution in [2.75, 3.05) is 6.54 Å². The zero-order valence-electron chi connectivity index (χ0n) is 9.01. The minimum Gasteiger partial charge on any atom is -0.361 e. The van der Waals surface area contributed by atoms with Gasteiger partial charge in [0.05, 0.1) is 0 Å². The van der Waals surface area contributed by atoms with Crippen LogP contribution in [0.2, 0.25) is 0 Å². The lowest BCUT2D eigenvalue weighted by molar-refractivity contribution is 0.745. The van der Waals surface area contributed by atoms with Gasteiger partial charge in [-0.1, -0.05) is 24.3 Å². The lowest BCUT2D eigenvalue weighted by atomic mass is 10.1. The molecule has 0 spiro atoms. The molecule has 2 heteroatoms. The highest BCUT2D eigenvalue weighted by Gasteiger charge is 2.00. The Morgan fingerprint density at radius 3 is 3.07 bits per heavy atom. The third kappa shape index (κ3) is 2.28. The summed E-state index contributed by atoms with van der Waals surface area (Å²) in [5.74, 6) is 0. The molecule has 15 heavy (non-hydrogen) atoms. The second-order valence-corrected chi connectivity index (χ2v) is 3.92. The van der Waals surface area contributed by atoms with Gasteiger partial charge in [0, 0.05) is 30.2 Å². The Morgan fingerprint density at radius 1 is 1.40 bits per heavy atom. The highest BCUT2D eigenvalue weighted by Crippen LogP contribution is 2.16. The van der Waals surface area contributed by atoms with Gasteiger partial charge in [0.2, 0.25) is 0 Å². The number of aromatic amines is 1. The predicted octanol–water partition coefficient (Wildman–Crippen LogP) is 2.83. The van der Waals surface area contributed by atoms with Gasteiger partial charge in [-0.3, -0.25) is 0 Å². The Hall–Kier alpha value is -1.54. The van der Waals surface area contributed by atoms with E-state index in [-0.39, 0.29) is 0 Å². The molecular weight excluding hydrogens is 184 g/mol. The van der Waals surface area contributed by atoms with Crippen LogP contribution in [0, 0.1) is 0 Å². The van der Waals surface area contributed by atoms with Crippen molar-refractivity contribution in [3.8, 4) is 0 Å². The number of fused-ring (bicyclic) bond motifs is 1. The molecular formula is C13H16N2. The van der Waals surface area contributed by atoms with Crippen molar-refractivity contribution in [3.05, 3.63) is 48.2 Å². The fourth-order valence-corrected chi connectivity index (χ4v) is 1.72. The molecule has 1 heterocycles. The van der Waals surface area contributed by atoms with Crippen molar-refractivity contribution in [2.24, 2.45) is 0 Å². The van der Waals surface area contributed by atoms with Gasteiger partial charge in [-0.05, 0) is 24.6 Å². The normalized spacial score (nSPS) is 10.7. The van der Waals surface area contributed by atoms with Gasteiger partial charge in [-0.25, -0.2) is 0 Å². The van der Waals surface area contributed by atoms with Gasteiger partial charge in [-0.15, -0.1) is 0 Å². The van der Waals surface area contributed by atoms with Crippen LogP contribution in [-0.4, -0.2) is 11.5 Å². The second-order valence-electron chi connectivity index (χ2n) is 3.92. The van der Waals surface area contributed by atoms with Gasteiger partial charge in [0.1, 0.15) is 0 Å². The highest BCUT2D eigenvalue weighted by molar-refractivity contribution is 5.82. The molecule has 0 fully saturated rings. The van der Waals surface area contributed by atoms with Crippen molar-refractivity contribution in [3.63, 3.8) is 0 Å². The highest BCUT2D eigenvalue weighted by atomic mass is 14.8. The minimum atomic E-state index is 0.876. The van der Waals surface area contributed by atoms with E-state index in [1.165, 1.54) is 16.5 Å². The lowest BCUT2D eigenvalue weighted by Crippen LogP contribution is -2.15. The van der Waals surface area contributed by atoms with Crippen molar-refractivity contribution >= 4 is 10.9 Å². The number of benzene rings is 1. The molecule has 0 saturated carbocycles. The van der Waals surface area contributed by atoms with Crippen LogP contribution >= 0.6 is 0 Å². The fraction of sp³-hybridized carbons (Fsp3) is 0.231. The third-order valence-electron chi connectivity index (χ3n) is 2.43. The summed E-state index contributed by atoms with van der Waals surface area (Å²) >= 11 is 0. The molecule has 0 bridgehead atoms. The molecule has 0 aliphatic rings. The minimum absolute atomic E-state index is 0.876. The maximum Gasteiger partial charge on any atom is 0.0457 e. The van der Waals surface area contributed by atoms with Gasteiger partial charge < -0.3 is 10.3 Å². The molecule has 0 unspecified atom stereocenters. The molecule has 0 aliphatic carbocycles. The quantitative estimate of drug-likeness (QED) is 0.730. The first-order chi connectivity index (χ1) is 7.27. The van der Waals surface area contributed by atoms with Crippen molar-refractivity contribution in [2.45, 2.75) is 13.5 Å². The zero-order valence-corrected chi connectivity index (χ0v) is 9.01. The van der Waals surface area contributed by atoms with E-state index in [2.05, 4.69) is 41.1 Å². The monoisotopic (exact) mass is 200 g/mol. The van der Waals surface area contributed by atoms with Gasteiger partial charge in [0.15, 0.2) is 0 Å². The van der Waals surface area contributed by atoms with Crippen molar-refractivity contribution < 1.29 is 0 Å². The predicted molar refractivity (Wildman–Crippen MR) is 64.8 cm³/mol. The summed E-state index contributed by atoms with van der Waals surface area (Å²) in [6.07, 6.45) is 1.98. The summed E-state index contributed by atoms with van der Waals surface area (Å²) in [4.78, 5) is 3.21. The molecule has 1 aromatic heterocycles. The molecule has 2 N–H and O–H groups in total. The molecule has 0 atom stereocenters. The molecule has 78 valence electrons. The number of hydrogen-bond acceptors (Lipinski definition) is 1. The van der Waals surface area contributed by atoms with Crippen molar-refractivity contribution in [1.29, 1.82) is 0 Å². The van der Waals surface area contributed by atoms with Gasteiger partial charge in [0.25, 0.3) is 0 Å². The topological polar surface area (TPSA) is 27.8 Å². The summed E-state index contributed by atoms with van der Waals surface area (Å²) in [6, 6.07) is 8.45. The molecule has 0 saturated heterocycles.